The van der Waals surface area contributed by atoms with E-state index in [4.69, 9.17) is 0 Å². The first-order valence-electron chi connectivity index (χ1n) is 8.70. The summed E-state index contributed by atoms with van der Waals surface area (Å²) in [6, 6.07) is 9.15. The summed E-state index contributed by atoms with van der Waals surface area (Å²) in [5.41, 5.74) is 1.05. The Hall–Kier alpha value is -2.41. The molecule has 6 nitrogen and oxygen atoms in total. The molecule has 7 heteroatoms. The van der Waals surface area contributed by atoms with Crippen molar-refractivity contribution >= 4 is 36.1 Å². The largest absolute Gasteiger partial charge is 0.352 e. The monoisotopic (exact) mass is 372 g/mol. The van der Waals surface area contributed by atoms with Crippen LogP contribution in [0, 0.1) is 0 Å². The Morgan fingerprint density at radius 3 is 2.31 bits per heavy atom. The maximum Gasteiger partial charge on any atom is 0.254 e. The van der Waals surface area contributed by atoms with Crippen molar-refractivity contribution in [2.24, 2.45) is 0 Å². The van der Waals surface area contributed by atoms with Crippen LogP contribution in [-0.2, 0) is 4.79 Å². The molecule has 1 aromatic carbocycles. The van der Waals surface area contributed by atoms with Crippen LogP contribution in [0.25, 0.3) is 0 Å². The van der Waals surface area contributed by atoms with Gasteiger partial charge in [-0.25, -0.2) is 14.9 Å². The number of rotatable bonds is 9. The number of thiol groups is 1. The van der Waals surface area contributed by atoms with Gasteiger partial charge in [-0.1, -0.05) is 31.0 Å². The minimum absolute atomic E-state index is 0.199. The van der Waals surface area contributed by atoms with Crippen molar-refractivity contribution in [2.75, 3.05) is 17.2 Å². The molecule has 0 fully saturated rings. The quantitative estimate of drug-likeness (QED) is 0.523. The Morgan fingerprint density at radius 1 is 1.04 bits per heavy atom. The van der Waals surface area contributed by atoms with E-state index in [-0.39, 0.29) is 17.8 Å². The minimum Gasteiger partial charge on any atom is -0.352 e. The van der Waals surface area contributed by atoms with Crippen molar-refractivity contribution in [3.63, 3.8) is 0 Å². The predicted molar refractivity (Wildman–Crippen MR) is 106 cm³/mol. The highest BCUT2D eigenvalue weighted by Crippen LogP contribution is 2.21. The van der Waals surface area contributed by atoms with Crippen LogP contribution in [0.5, 0.6) is 0 Å². The van der Waals surface area contributed by atoms with Crippen molar-refractivity contribution in [3.05, 3.63) is 48.3 Å². The first-order chi connectivity index (χ1) is 12.6. The zero-order valence-electron chi connectivity index (χ0n) is 14.9. The number of nitrogens with one attached hydrogen (secondary N) is 1. The fraction of sp³-hybridized carbons (Fsp3) is 0.368. The van der Waals surface area contributed by atoms with Gasteiger partial charge in [-0.2, -0.15) is 12.6 Å². The van der Waals surface area contributed by atoms with Crippen molar-refractivity contribution in [2.45, 2.75) is 32.6 Å². The molecule has 0 unspecified atom stereocenters. The Labute approximate surface area is 159 Å². The predicted octanol–water partition coefficient (Wildman–Crippen LogP) is 3.38. The van der Waals surface area contributed by atoms with E-state index in [0.29, 0.717) is 17.8 Å². The van der Waals surface area contributed by atoms with Crippen molar-refractivity contribution in [1.29, 1.82) is 0 Å². The van der Waals surface area contributed by atoms with Gasteiger partial charge in [-0.05, 0) is 30.7 Å². The molecule has 0 spiro atoms. The van der Waals surface area contributed by atoms with Crippen LogP contribution in [0.1, 0.15) is 43.0 Å². The second kappa shape index (κ2) is 10.6. The molecule has 0 atom stereocenters. The fourth-order valence-corrected chi connectivity index (χ4v) is 2.69. The van der Waals surface area contributed by atoms with E-state index in [1.165, 1.54) is 24.2 Å². The molecule has 2 aromatic rings. The third-order valence-electron chi connectivity index (χ3n) is 3.80. The summed E-state index contributed by atoms with van der Waals surface area (Å²) in [6.07, 6.45) is 7.11. The molecule has 0 bridgehead atoms. The molecule has 1 heterocycles. The van der Waals surface area contributed by atoms with Crippen molar-refractivity contribution in [3.8, 4) is 0 Å². The number of anilines is 2. The van der Waals surface area contributed by atoms with E-state index >= 15 is 0 Å². The zero-order chi connectivity index (χ0) is 18.8. The van der Waals surface area contributed by atoms with E-state index < -0.39 is 0 Å². The van der Waals surface area contributed by atoms with Crippen LogP contribution in [0.4, 0.5) is 11.6 Å². The SMILES string of the molecule is CC(=O)N(c1ccccc1)c1ncc(C(=O)NCCCCCCS)cn1. The molecule has 0 saturated heterocycles. The Kier molecular flexibility index (Phi) is 8.08. The number of benzene rings is 1. The lowest BCUT2D eigenvalue weighted by atomic mass is 10.2. The number of carbonyl (C=O) groups excluding carboxylic acids is 2. The van der Waals surface area contributed by atoms with Gasteiger partial charge in [0.05, 0.1) is 11.3 Å². The average Bonchev–Trinajstić information content (AvgIpc) is 2.66. The van der Waals surface area contributed by atoms with Gasteiger partial charge in [-0.3, -0.25) is 9.59 Å². The number of aromatic nitrogens is 2. The van der Waals surface area contributed by atoms with Gasteiger partial charge < -0.3 is 5.32 Å². The molecule has 2 amide bonds. The molecule has 1 N–H and O–H groups in total. The Balaban J connectivity index is 1.96. The third-order valence-corrected chi connectivity index (χ3v) is 4.12. The maximum atomic E-state index is 12.1. The minimum atomic E-state index is -0.208. The van der Waals surface area contributed by atoms with Gasteiger partial charge in [-0.15, -0.1) is 0 Å². The highest BCUT2D eigenvalue weighted by Gasteiger charge is 2.17. The zero-order valence-corrected chi connectivity index (χ0v) is 15.8. The third kappa shape index (κ3) is 5.84. The Bertz CT molecular complexity index is 707. The number of amides is 2. The average molecular weight is 372 g/mol. The van der Waals surface area contributed by atoms with E-state index in [0.717, 1.165) is 31.4 Å². The number of para-hydroxylation sites is 1. The summed E-state index contributed by atoms with van der Waals surface area (Å²) in [5, 5.41) is 2.86. The molecule has 26 heavy (non-hydrogen) atoms. The normalized spacial score (nSPS) is 10.4. The standard InChI is InChI=1S/C19H24N4O2S/c1-15(24)23(17-9-5-4-6-10-17)19-21-13-16(14-22-19)18(25)20-11-7-2-3-8-12-26/h4-6,9-10,13-14,26H,2-3,7-8,11-12H2,1H3,(H,20,25). The summed E-state index contributed by atoms with van der Waals surface area (Å²) in [4.78, 5) is 33.9. The molecule has 0 aliphatic rings. The molecule has 0 aliphatic carbocycles. The van der Waals surface area contributed by atoms with Gasteiger partial charge in [0.25, 0.3) is 5.91 Å². The number of nitrogens with zero attached hydrogens (tertiary/aromatic N) is 3. The van der Waals surface area contributed by atoms with E-state index in [1.54, 1.807) is 12.1 Å². The summed E-state index contributed by atoms with van der Waals surface area (Å²) in [6.45, 7) is 2.07. The number of carbonyl (C=O) groups is 2. The number of hydrogen-bond acceptors (Lipinski definition) is 5. The van der Waals surface area contributed by atoms with Crippen LogP contribution < -0.4 is 10.2 Å². The molecule has 1 aromatic heterocycles. The molecule has 0 aliphatic heterocycles. The lowest BCUT2D eigenvalue weighted by Crippen LogP contribution is -2.27. The van der Waals surface area contributed by atoms with Gasteiger partial charge >= 0.3 is 0 Å². The molecule has 2 rings (SSSR count). The second-order valence-electron chi connectivity index (χ2n) is 5.86. The number of unbranched alkanes of at least 4 members (excludes halogenated alkanes) is 3. The lowest BCUT2D eigenvalue weighted by Gasteiger charge is -2.18. The molecule has 0 radical (unpaired) electrons. The van der Waals surface area contributed by atoms with Crippen LogP contribution in [0.15, 0.2) is 42.7 Å². The van der Waals surface area contributed by atoms with Gasteiger partial charge in [0.1, 0.15) is 0 Å². The van der Waals surface area contributed by atoms with Crippen LogP contribution in [0.2, 0.25) is 0 Å². The maximum absolute atomic E-state index is 12.1. The first kappa shape index (κ1) is 19.9. The fourth-order valence-electron chi connectivity index (χ4n) is 2.46. The lowest BCUT2D eigenvalue weighted by molar-refractivity contribution is -0.115. The van der Waals surface area contributed by atoms with Gasteiger partial charge in [0, 0.05) is 25.9 Å². The highest BCUT2D eigenvalue weighted by atomic mass is 32.1. The van der Waals surface area contributed by atoms with E-state index in [9.17, 15) is 9.59 Å². The van der Waals surface area contributed by atoms with Crippen molar-refractivity contribution < 1.29 is 9.59 Å². The first-order valence-corrected chi connectivity index (χ1v) is 9.33. The van der Waals surface area contributed by atoms with Crippen LogP contribution in [0.3, 0.4) is 0 Å². The van der Waals surface area contributed by atoms with E-state index in [1.807, 2.05) is 18.2 Å². The van der Waals surface area contributed by atoms with Gasteiger partial charge in [0.2, 0.25) is 11.9 Å². The highest BCUT2D eigenvalue weighted by molar-refractivity contribution is 7.80. The smallest absolute Gasteiger partial charge is 0.254 e. The van der Waals surface area contributed by atoms with E-state index in [2.05, 4.69) is 27.9 Å². The summed E-state index contributed by atoms with van der Waals surface area (Å²) < 4.78 is 0. The number of hydrogen-bond donors (Lipinski definition) is 2. The molecule has 0 saturated carbocycles. The summed E-state index contributed by atoms with van der Waals surface area (Å²) in [5.74, 6) is 0.734. The van der Waals surface area contributed by atoms with Crippen LogP contribution >= 0.6 is 12.6 Å². The molecular weight excluding hydrogens is 348 g/mol. The van der Waals surface area contributed by atoms with Crippen LogP contribution in [-0.4, -0.2) is 34.1 Å². The van der Waals surface area contributed by atoms with Gasteiger partial charge in [0.15, 0.2) is 0 Å². The second-order valence-corrected chi connectivity index (χ2v) is 6.30. The summed E-state index contributed by atoms with van der Waals surface area (Å²) in [7, 11) is 0. The summed E-state index contributed by atoms with van der Waals surface area (Å²) >= 11 is 4.18. The topological polar surface area (TPSA) is 75.2 Å². The Morgan fingerprint density at radius 2 is 1.69 bits per heavy atom. The van der Waals surface area contributed by atoms with Crippen molar-refractivity contribution in [1.82, 2.24) is 15.3 Å². The molecular formula is C19H24N4O2S. The molecule has 138 valence electrons.